The normalized spacial score (nSPS) is 10.9. The molecular formula is C24H18ClN3O. The van der Waals surface area contributed by atoms with E-state index in [4.69, 9.17) is 11.6 Å². The van der Waals surface area contributed by atoms with Gasteiger partial charge in [0.05, 0.1) is 11.9 Å². The first kappa shape index (κ1) is 18.7. The summed E-state index contributed by atoms with van der Waals surface area (Å²) in [4.78, 5) is 12.4. The third kappa shape index (κ3) is 4.62. The van der Waals surface area contributed by atoms with Crippen molar-refractivity contribution in [2.75, 3.05) is 5.32 Å². The Bertz CT molecular complexity index is 1150. The minimum atomic E-state index is -0.189. The van der Waals surface area contributed by atoms with E-state index in [2.05, 4.69) is 10.4 Å². The SMILES string of the molecule is O=C(/C=C/c1ccccc1)Nc1ccccc1-c1cnn(-c2ccc(Cl)cc2)c1. The summed E-state index contributed by atoms with van der Waals surface area (Å²) < 4.78 is 1.78. The van der Waals surface area contributed by atoms with Crippen molar-refractivity contribution in [3.8, 4) is 16.8 Å². The van der Waals surface area contributed by atoms with Crippen LogP contribution in [0.3, 0.4) is 0 Å². The number of hydrogen-bond donors (Lipinski definition) is 1. The minimum Gasteiger partial charge on any atom is -0.322 e. The van der Waals surface area contributed by atoms with Gasteiger partial charge in [0, 0.05) is 34.1 Å². The van der Waals surface area contributed by atoms with Crippen LogP contribution in [0.25, 0.3) is 22.9 Å². The van der Waals surface area contributed by atoms with Crippen LogP contribution >= 0.6 is 11.6 Å². The number of rotatable bonds is 5. The van der Waals surface area contributed by atoms with Gasteiger partial charge in [-0.2, -0.15) is 5.10 Å². The Morgan fingerprint density at radius 1 is 0.931 bits per heavy atom. The van der Waals surface area contributed by atoms with Crippen LogP contribution < -0.4 is 5.32 Å². The maximum Gasteiger partial charge on any atom is 0.248 e. The van der Waals surface area contributed by atoms with Crippen LogP contribution in [-0.2, 0) is 4.79 Å². The fraction of sp³-hybridized carbons (Fsp3) is 0. The van der Waals surface area contributed by atoms with E-state index in [1.165, 1.54) is 6.08 Å². The van der Waals surface area contributed by atoms with Gasteiger partial charge >= 0.3 is 0 Å². The van der Waals surface area contributed by atoms with Crippen molar-refractivity contribution in [3.05, 3.63) is 108 Å². The van der Waals surface area contributed by atoms with E-state index in [0.717, 1.165) is 28.1 Å². The molecule has 4 aromatic rings. The molecule has 0 saturated heterocycles. The molecule has 0 saturated carbocycles. The summed E-state index contributed by atoms with van der Waals surface area (Å²) in [7, 11) is 0. The first-order chi connectivity index (χ1) is 14.2. The Morgan fingerprint density at radius 3 is 2.45 bits per heavy atom. The molecule has 0 fully saturated rings. The van der Waals surface area contributed by atoms with Crippen LogP contribution in [-0.4, -0.2) is 15.7 Å². The number of hydrogen-bond acceptors (Lipinski definition) is 2. The van der Waals surface area contributed by atoms with Crippen molar-refractivity contribution in [1.29, 1.82) is 0 Å². The van der Waals surface area contributed by atoms with E-state index in [1.807, 2.05) is 85.1 Å². The molecule has 142 valence electrons. The minimum absolute atomic E-state index is 0.189. The molecule has 5 heteroatoms. The molecule has 0 spiro atoms. The number of halogens is 1. The second-order valence-electron chi connectivity index (χ2n) is 6.43. The third-order valence-corrected chi connectivity index (χ3v) is 4.65. The first-order valence-corrected chi connectivity index (χ1v) is 9.51. The fourth-order valence-electron chi connectivity index (χ4n) is 2.95. The lowest BCUT2D eigenvalue weighted by Gasteiger charge is -2.08. The van der Waals surface area contributed by atoms with Crippen molar-refractivity contribution in [2.45, 2.75) is 0 Å². The lowest BCUT2D eigenvalue weighted by atomic mass is 10.1. The number of aromatic nitrogens is 2. The third-order valence-electron chi connectivity index (χ3n) is 4.40. The highest BCUT2D eigenvalue weighted by molar-refractivity contribution is 6.30. The van der Waals surface area contributed by atoms with E-state index in [0.29, 0.717) is 5.02 Å². The zero-order chi connectivity index (χ0) is 20.1. The number of nitrogens with zero attached hydrogens (tertiary/aromatic N) is 2. The number of benzene rings is 3. The van der Waals surface area contributed by atoms with Crippen molar-refractivity contribution in [3.63, 3.8) is 0 Å². The summed E-state index contributed by atoms with van der Waals surface area (Å²) >= 11 is 5.96. The van der Waals surface area contributed by atoms with Gasteiger partial charge in [-0.05, 0) is 42.0 Å². The van der Waals surface area contributed by atoms with Gasteiger partial charge in [-0.15, -0.1) is 0 Å². The van der Waals surface area contributed by atoms with E-state index in [-0.39, 0.29) is 5.91 Å². The molecule has 0 bridgehead atoms. The highest BCUT2D eigenvalue weighted by Crippen LogP contribution is 2.28. The smallest absolute Gasteiger partial charge is 0.248 e. The molecule has 1 heterocycles. The van der Waals surface area contributed by atoms with Gasteiger partial charge in [0.25, 0.3) is 0 Å². The average Bonchev–Trinajstić information content (AvgIpc) is 3.24. The molecule has 0 atom stereocenters. The highest BCUT2D eigenvalue weighted by atomic mass is 35.5. The van der Waals surface area contributed by atoms with Crippen LogP contribution in [0.4, 0.5) is 5.69 Å². The van der Waals surface area contributed by atoms with E-state index in [1.54, 1.807) is 17.0 Å². The Balaban J connectivity index is 1.55. The monoisotopic (exact) mass is 399 g/mol. The summed E-state index contributed by atoms with van der Waals surface area (Å²) in [6, 6.07) is 24.8. The van der Waals surface area contributed by atoms with Crippen molar-refractivity contribution in [1.82, 2.24) is 9.78 Å². The topological polar surface area (TPSA) is 46.9 Å². The average molecular weight is 400 g/mol. The van der Waals surface area contributed by atoms with E-state index < -0.39 is 0 Å². The summed E-state index contributed by atoms with van der Waals surface area (Å²) in [5.74, 6) is -0.189. The van der Waals surface area contributed by atoms with Gasteiger partial charge in [-0.1, -0.05) is 60.1 Å². The van der Waals surface area contributed by atoms with Crippen LogP contribution in [0.1, 0.15) is 5.56 Å². The lowest BCUT2D eigenvalue weighted by Crippen LogP contribution is -2.08. The number of amides is 1. The van der Waals surface area contributed by atoms with Crippen LogP contribution in [0, 0.1) is 0 Å². The second kappa shape index (κ2) is 8.59. The van der Waals surface area contributed by atoms with Gasteiger partial charge in [0.15, 0.2) is 0 Å². The van der Waals surface area contributed by atoms with Gasteiger partial charge < -0.3 is 5.32 Å². The standard InChI is InChI=1S/C24H18ClN3O/c25-20-11-13-21(14-12-20)28-17-19(16-26-28)22-8-4-5-9-23(22)27-24(29)15-10-18-6-2-1-3-7-18/h1-17H,(H,27,29)/b15-10+. The summed E-state index contributed by atoms with van der Waals surface area (Å²) in [5, 5.41) is 8.07. The zero-order valence-electron chi connectivity index (χ0n) is 15.5. The maximum absolute atomic E-state index is 12.4. The maximum atomic E-state index is 12.4. The number of para-hydroxylation sites is 1. The van der Waals surface area contributed by atoms with E-state index >= 15 is 0 Å². The van der Waals surface area contributed by atoms with Gasteiger partial charge in [-0.3, -0.25) is 4.79 Å². The molecule has 0 aliphatic rings. The largest absolute Gasteiger partial charge is 0.322 e. The van der Waals surface area contributed by atoms with Crippen LogP contribution in [0.5, 0.6) is 0 Å². The highest BCUT2D eigenvalue weighted by Gasteiger charge is 2.09. The molecule has 3 aromatic carbocycles. The number of nitrogens with one attached hydrogen (secondary N) is 1. The molecule has 4 nitrogen and oxygen atoms in total. The zero-order valence-corrected chi connectivity index (χ0v) is 16.3. The van der Waals surface area contributed by atoms with Crippen molar-refractivity contribution >= 4 is 29.3 Å². The number of anilines is 1. The fourth-order valence-corrected chi connectivity index (χ4v) is 3.08. The van der Waals surface area contributed by atoms with Gasteiger partial charge in [0.1, 0.15) is 0 Å². The molecule has 0 unspecified atom stereocenters. The summed E-state index contributed by atoms with van der Waals surface area (Å²) in [6.45, 7) is 0. The molecule has 0 aliphatic heterocycles. The molecule has 4 rings (SSSR count). The summed E-state index contributed by atoms with van der Waals surface area (Å²) in [6.07, 6.45) is 7.02. The van der Waals surface area contributed by atoms with Crippen LogP contribution in [0.15, 0.2) is 97.3 Å². The molecular weight excluding hydrogens is 382 g/mol. The second-order valence-corrected chi connectivity index (χ2v) is 6.87. The predicted octanol–water partition coefficient (Wildman–Crippen LogP) is 5.84. The van der Waals surface area contributed by atoms with E-state index in [9.17, 15) is 4.79 Å². The number of carbonyl (C=O) groups excluding carboxylic acids is 1. The summed E-state index contributed by atoms with van der Waals surface area (Å²) in [5.41, 5.74) is 4.41. The number of carbonyl (C=O) groups is 1. The Morgan fingerprint density at radius 2 is 1.66 bits per heavy atom. The molecule has 0 radical (unpaired) electrons. The van der Waals surface area contributed by atoms with Gasteiger partial charge in [-0.25, -0.2) is 4.68 Å². The van der Waals surface area contributed by atoms with Crippen molar-refractivity contribution in [2.24, 2.45) is 0 Å². The predicted molar refractivity (Wildman–Crippen MR) is 118 cm³/mol. The first-order valence-electron chi connectivity index (χ1n) is 9.13. The molecule has 1 N–H and O–H groups in total. The molecule has 1 amide bonds. The quantitative estimate of drug-likeness (QED) is 0.428. The lowest BCUT2D eigenvalue weighted by molar-refractivity contribution is -0.111. The molecule has 0 aliphatic carbocycles. The molecule has 1 aromatic heterocycles. The van der Waals surface area contributed by atoms with Crippen molar-refractivity contribution < 1.29 is 4.79 Å². The Kier molecular flexibility index (Phi) is 5.54. The van der Waals surface area contributed by atoms with Crippen LogP contribution in [0.2, 0.25) is 5.02 Å². The molecule has 29 heavy (non-hydrogen) atoms. The Labute approximate surface area is 174 Å². The van der Waals surface area contributed by atoms with Gasteiger partial charge in [0.2, 0.25) is 5.91 Å². The Hall–Kier alpha value is -3.63.